The highest BCUT2D eigenvalue weighted by Crippen LogP contribution is 2.34. The number of nitrogens with zero attached hydrogens (tertiary/aromatic N) is 3. The van der Waals surface area contributed by atoms with Crippen molar-refractivity contribution in [2.45, 2.75) is 19.9 Å². The van der Waals surface area contributed by atoms with Gasteiger partial charge in [-0.1, -0.05) is 48.0 Å². The minimum Gasteiger partial charge on any atom is -0.366 e. The first-order valence-electron chi connectivity index (χ1n) is 8.39. The molecule has 0 spiro atoms. The zero-order valence-electron chi connectivity index (χ0n) is 14.0. The van der Waals surface area contributed by atoms with Crippen molar-refractivity contribution in [2.75, 3.05) is 16.8 Å². The summed E-state index contributed by atoms with van der Waals surface area (Å²) >= 11 is 6.23. The van der Waals surface area contributed by atoms with Crippen LogP contribution in [0, 0.1) is 6.92 Å². The van der Waals surface area contributed by atoms with E-state index in [4.69, 9.17) is 11.6 Å². The third-order valence-electron chi connectivity index (χ3n) is 4.41. The number of aromatic nitrogens is 2. The second-order valence-corrected chi connectivity index (χ2v) is 6.54. The Morgan fingerprint density at radius 1 is 1.08 bits per heavy atom. The molecule has 2 heterocycles. The molecule has 126 valence electrons. The van der Waals surface area contributed by atoms with Gasteiger partial charge in [0.15, 0.2) is 0 Å². The van der Waals surface area contributed by atoms with Crippen LogP contribution in [0.15, 0.2) is 54.6 Å². The average Bonchev–Trinajstić information content (AvgIpc) is 3.05. The van der Waals surface area contributed by atoms with E-state index in [0.717, 1.165) is 41.0 Å². The molecule has 1 aliphatic heterocycles. The van der Waals surface area contributed by atoms with Crippen molar-refractivity contribution < 1.29 is 0 Å². The summed E-state index contributed by atoms with van der Waals surface area (Å²) in [7, 11) is 0. The van der Waals surface area contributed by atoms with Crippen LogP contribution in [0.25, 0.3) is 0 Å². The number of fused-ring (bicyclic) bond motifs is 1. The predicted molar refractivity (Wildman–Crippen MR) is 103 cm³/mol. The van der Waals surface area contributed by atoms with Gasteiger partial charge in [0, 0.05) is 29.9 Å². The quantitative estimate of drug-likeness (QED) is 0.737. The summed E-state index contributed by atoms with van der Waals surface area (Å²) in [5, 5.41) is 4.13. The zero-order valence-corrected chi connectivity index (χ0v) is 14.8. The number of nitrogens with one attached hydrogen (secondary N) is 1. The van der Waals surface area contributed by atoms with Crippen LogP contribution in [0.3, 0.4) is 0 Å². The fourth-order valence-corrected chi connectivity index (χ4v) is 3.39. The molecule has 0 aliphatic carbocycles. The summed E-state index contributed by atoms with van der Waals surface area (Å²) in [6.45, 7) is 3.50. The normalized spacial score (nSPS) is 13.0. The van der Waals surface area contributed by atoms with Gasteiger partial charge in [-0.2, -0.15) is 0 Å². The van der Waals surface area contributed by atoms with E-state index in [2.05, 4.69) is 44.5 Å². The van der Waals surface area contributed by atoms with Gasteiger partial charge in [0.1, 0.15) is 17.5 Å². The van der Waals surface area contributed by atoms with E-state index in [1.807, 2.05) is 37.3 Å². The van der Waals surface area contributed by atoms with Crippen LogP contribution >= 0.6 is 11.6 Å². The van der Waals surface area contributed by atoms with E-state index in [9.17, 15) is 0 Å². The van der Waals surface area contributed by atoms with E-state index < -0.39 is 0 Å². The maximum atomic E-state index is 6.23. The van der Waals surface area contributed by atoms with E-state index in [-0.39, 0.29) is 0 Å². The Hall–Kier alpha value is -2.59. The Kier molecular flexibility index (Phi) is 4.28. The van der Waals surface area contributed by atoms with Crippen molar-refractivity contribution in [3.05, 3.63) is 76.6 Å². The monoisotopic (exact) mass is 350 g/mol. The Labute approximate surface area is 152 Å². The van der Waals surface area contributed by atoms with Gasteiger partial charge in [-0.05, 0) is 36.6 Å². The molecule has 4 nitrogen and oxygen atoms in total. The van der Waals surface area contributed by atoms with Crippen LogP contribution in [0.1, 0.15) is 17.0 Å². The lowest BCUT2D eigenvalue weighted by Gasteiger charge is -2.19. The highest BCUT2D eigenvalue weighted by atomic mass is 35.5. The van der Waals surface area contributed by atoms with E-state index in [1.54, 1.807) is 0 Å². The molecule has 1 N–H and O–H groups in total. The lowest BCUT2D eigenvalue weighted by Crippen LogP contribution is -2.16. The molecule has 1 aromatic heterocycles. The first-order valence-corrected chi connectivity index (χ1v) is 8.77. The highest BCUT2D eigenvalue weighted by Gasteiger charge is 2.21. The van der Waals surface area contributed by atoms with Crippen molar-refractivity contribution in [1.29, 1.82) is 0 Å². The summed E-state index contributed by atoms with van der Waals surface area (Å²) in [5.41, 5.74) is 3.65. The number of hydrogen-bond donors (Lipinski definition) is 1. The molecule has 0 unspecified atom stereocenters. The van der Waals surface area contributed by atoms with Crippen molar-refractivity contribution in [3.63, 3.8) is 0 Å². The third kappa shape index (κ3) is 3.30. The van der Waals surface area contributed by atoms with Crippen molar-refractivity contribution in [2.24, 2.45) is 0 Å². The average molecular weight is 351 g/mol. The molecule has 0 saturated heterocycles. The molecule has 0 atom stereocenters. The largest absolute Gasteiger partial charge is 0.366 e. The summed E-state index contributed by atoms with van der Waals surface area (Å²) < 4.78 is 0. The molecule has 5 heteroatoms. The molecular weight excluding hydrogens is 332 g/mol. The molecular formula is C20H19ClN4. The van der Waals surface area contributed by atoms with Gasteiger partial charge in [-0.25, -0.2) is 9.97 Å². The summed E-state index contributed by atoms with van der Waals surface area (Å²) in [6, 6.07) is 18.3. The van der Waals surface area contributed by atoms with Gasteiger partial charge in [0.05, 0.1) is 0 Å². The number of para-hydroxylation sites is 1. The van der Waals surface area contributed by atoms with Crippen LogP contribution < -0.4 is 10.2 Å². The van der Waals surface area contributed by atoms with Gasteiger partial charge >= 0.3 is 0 Å². The minimum atomic E-state index is 0.631. The van der Waals surface area contributed by atoms with Gasteiger partial charge in [0.25, 0.3) is 0 Å². The summed E-state index contributed by atoms with van der Waals surface area (Å²) in [5.74, 6) is 2.49. The van der Waals surface area contributed by atoms with Gasteiger partial charge in [-0.15, -0.1) is 0 Å². The first kappa shape index (κ1) is 15.9. The Morgan fingerprint density at radius 2 is 1.88 bits per heavy atom. The number of halogens is 1. The molecule has 4 rings (SSSR count). The molecule has 1 aliphatic rings. The topological polar surface area (TPSA) is 41.1 Å². The van der Waals surface area contributed by atoms with Crippen molar-refractivity contribution >= 4 is 28.9 Å². The van der Waals surface area contributed by atoms with Crippen LogP contribution in [-0.4, -0.2) is 16.5 Å². The Bertz CT molecular complexity index is 910. The molecule has 0 saturated carbocycles. The van der Waals surface area contributed by atoms with Crippen LogP contribution in [0.2, 0.25) is 5.02 Å². The number of hydrogen-bond acceptors (Lipinski definition) is 4. The smallest absolute Gasteiger partial charge is 0.138 e. The molecule has 0 bridgehead atoms. The second-order valence-electron chi connectivity index (χ2n) is 6.13. The Balaban J connectivity index is 1.58. The van der Waals surface area contributed by atoms with E-state index >= 15 is 0 Å². The van der Waals surface area contributed by atoms with Crippen molar-refractivity contribution in [3.8, 4) is 0 Å². The summed E-state index contributed by atoms with van der Waals surface area (Å²) in [4.78, 5) is 11.4. The second kappa shape index (κ2) is 6.73. The fraction of sp³-hybridized carbons (Fsp3) is 0.200. The standard InChI is InChI=1S/C20H19ClN4/c1-14-23-19(22-13-16-7-2-4-8-17(16)21)12-20(24-14)25-11-10-15-6-3-5-9-18(15)25/h2-9,12H,10-11,13H2,1H3,(H,22,23,24). The number of aryl methyl sites for hydroxylation is 1. The minimum absolute atomic E-state index is 0.631. The SMILES string of the molecule is Cc1nc(NCc2ccccc2Cl)cc(N2CCc3ccccc32)n1. The summed E-state index contributed by atoms with van der Waals surface area (Å²) in [6.07, 6.45) is 1.04. The van der Waals surface area contributed by atoms with Crippen LogP contribution in [0.4, 0.5) is 17.3 Å². The van der Waals surface area contributed by atoms with Crippen molar-refractivity contribution in [1.82, 2.24) is 9.97 Å². The molecule has 0 amide bonds. The third-order valence-corrected chi connectivity index (χ3v) is 4.77. The van der Waals surface area contributed by atoms with E-state index in [0.29, 0.717) is 6.54 Å². The van der Waals surface area contributed by atoms with Gasteiger partial charge in [0.2, 0.25) is 0 Å². The van der Waals surface area contributed by atoms with E-state index in [1.165, 1.54) is 11.3 Å². The zero-order chi connectivity index (χ0) is 17.2. The molecule has 2 aromatic carbocycles. The highest BCUT2D eigenvalue weighted by molar-refractivity contribution is 6.31. The Morgan fingerprint density at radius 3 is 2.76 bits per heavy atom. The number of rotatable bonds is 4. The molecule has 25 heavy (non-hydrogen) atoms. The lowest BCUT2D eigenvalue weighted by molar-refractivity contribution is 0.941. The molecule has 3 aromatic rings. The van der Waals surface area contributed by atoms with Gasteiger partial charge in [-0.3, -0.25) is 0 Å². The maximum absolute atomic E-state index is 6.23. The molecule has 0 fully saturated rings. The lowest BCUT2D eigenvalue weighted by atomic mass is 10.2. The molecule has 0 radical (unpaired) electrons. The van der Waals surface area contributed by atoms with Gasteiger partial charge < -0.3 is 10.2 Å². The first-order chi connectivity index (χ1) is 12.2. The number of anilines is 3. The number of benzene rings is 2. The van der Waals surface area contributed by atoms with Crippen LogP contribution in [-0.2, 0) is 13.0 Å². The van der Waals surface area contributed by atoms with Crippen LogP contribution in [0.5, 0.6) is 0 Å². The maximum Gasteiger partial charge on any atom is 0.138 e. The fourth-order valence-electron chi connectivity index (χ4n) is 3.18. The predicted octanol–water partition coefficient (Wildman–Crippen LogP) is 4.74.